The number of halogens is 1. The van der Waals surface area contributed by atoms with Gasteiger partial charge in [0, 0.05) is 13.1 Å². The highest BCUT2D eigenvalue weighted by atomic mass is 19.1. The van der Waals surface area contributed by atoms with Crippen LogP contribution in [0.5, 0.6) is 5.75 Å². The first-order valence-corrected chi connectivity index (χ1v) is 5.62. The molecule has 2 rings (SSSR count). The maximum atomic E-state index is 13.6. The van der Waals surface area contributed by atoms with Crippen LogP contribution in [0.2, 0.25) is 0 Å². The predicted molar refractivity (Wildman–Crippen MR) is 65.1 cm³/mol. The highest BCUT2D eigenvalue weighted by Gasteiger charge is 2.17. The zero-order valence-corrected chi connectivity index (χ0v) is 10.0. The third-order valence-corrected chi connectivity index (χ3v) is 3.00. The van der Waals surface area contributed by atoms with E-state index in [-0.39, 0.29) is 5.75 Å². The molecule has 1 aromatic rings. The van der Waals surface area contributed by atoms with Crippen molar-refractivity contribution in [2.75, 3.05) is 20.2 Å². The lowest BCUT2D eigenvalue weighted by Crippen LogP contribution is -2.33. The molecule has 0 aliphatic carbocycles. The van der Waals surface area contributed by atoms with Crippen molar-refractivity contribution in [1.29, 1.82) is 0 Å². The van der Waals surface area contributed by atoms with Crippen LogP contribution in [-0.2, 0) is 0 Å². The van der Waals surface area contributed by atoms with Crippen LogP contribution in [0.15, 0.2) is 24.3 Å². The summed E-state index contributed by atoms with van der Waals surface area (Å²) in [6.07, 6.45) is 1.49. The number of carbonyl (C=O) groups is 1. The van der Waals surface area contributed by atoms with E-state index in [1.807, 2.05) is 6.08 Å². The zero-order valence-electron chi connectivity index (χ0n) is 10.0. The van der Waals surface area contributed by atoms with E-state index in [2.05, 4.69) is 0 Å². The van der Waals surface area contributed by atoms with Gasteiger partial charge in [0.15, 0.2) is 11.6 Å². The molecule has 0 spiro atoms. The van der Waals surface area contributed by atoms with Crippen LogP contribution in [0.1, 0.15) is 12.0 Å². The number of hydrogen-bond donors (Lipinski definition) is 1. The number of rotatable bonds is 2. The van der Waals surface area contributed by atoms with Crippen LogP contribution in [0.25, 0.3) is 5.57 Å². The standard InChI is InChI=1S/C13H14FNO3/c1-18-12-3-2-10(8-11(12)14)9-4-6-15(7-5-9)13(16)17/h2-4,8H,5-7H2,1H3,(H,16,17). The van der Waals surface area contributed by atoms with E-state index in [9.17, 15) is 9.18 Å². The Morgan fingerprint density at radius 1 is 1.50 bits per heavy atom. The fourth-order valence-electron chi connectivity index (χ4n) is 1.97. The molecule has 1 heterocycles. The second kappa shape index (κ2) is 5.08. The Kier molecular flexibility index (Phi) is 3.50. The summed E-state index contributed by atoms with van der Waals surface area (Å²) in [5.74, 6) is -0.195. The molecule has 0 unspecified atom stereocenters. The minimum Gasteiger partial charge on any atom is -0.494 e. The summed E-state index contributed by atoms with van der Waals surface area (Å²) >= 11 is 0. The van der Waals surface area contributed by atoms with Crippen molar-refractivity contribution in [1.82, 2.24) is 4.90 Å². The second-order valence-electron chi connectivity index (χ2n) is 4.06. The SMILES string of the molecule is COc1ccc(C2=CCN(C(=O)O)CC2)cc1F. The Labute approximate surface area is 104 Å². The molecule has 0 fully saturated rings. The number of ether oxygens (including phenoxy) is 1. The van der Waals surface area contributed by atoms with Gasteiger partial charge < -0.3 is 14.7 Å². The molecule has 1 aromatic carbocycles. The first kappa shape index (κ1) is 12.4. The van der Waals surface area contributed by atoms with Gasteiger partial charge in [-0.2, -0.15) is 0 Å². The van der Waals surface area contributed by atoms with Gasteiger partial charge >= 0.3 is 6.09 Å². The molecule has 0 saturated heterocycles. The van der Waals surface area contributed by atoms with Crippen molar-refractivity contribution in [2.45, 2.75) is 6.42 Å². The summed E-state index contributed by atoms with van der Waals surface area (Å²) < 4.78 is 18.4. The first-order chi connectivity index (χ1) is 8.61. The monoisotopic (exact) mass is 251 g/mol. The number of nitrogens with zero attached hydrogens (tertiary/aromatic N) is 1. The van der Waals surface area contributed by atoms with Crippen LogP contribution >= 0.6 is 0 Å². The van der Waals surface area contributed by atoms with E-state index in [1.54, 1.807) is 12.1 Å². The summed E-state index contributed by atoms with van der Waals surface area (Å²) in [6, 6.07) is 4.78. The van der Waals surface area contributed by atoms with Crippen molar-refractivity contribution < 1.29 is 19.0 Å². The van der Waals surface area contributed by atoms with Crippen molar-refractivity contribution in [3.63, 3.8) is 0 Å². The smallest absolute Gasteiger partial charge is 0.407 e. The molecule has 5 heteroatoms. The van der Waals surface area contributed by atoms with Crippen LogP contribution in [0, 0.1) is 5.82 Å². The number of carboxylic acid groups (broad SMARTS) is 1. The molecule has 18 heavy (non-hydrogen) atoms. The van der Waals surface area contributed by atoms with Gasteiger partial charge in [-0.1, -0.05) is 12.1 Å². The quantitative estimate of drug-likeness (QED) is 0.879. The molecule has 0 radical (unpaired) electrons. The molecule has 0 atom stereocenters. The van der Waals surface area contributed by atoms with E-state index >= 15 is 0 Å². The minimum atomic E-state index is -0.925. The fraction of sp³-hybridized carbons (Fsp3) is 0.308. The number of methoxy groups -OCH3 is 1. The lowest BCUT2D eigenvalue weighted by molar-refractivity contribution is 0.150. The van der Waals surface area contributed by atoms with Crippen LogP contribution < -0.4 is 4.74 Å². The molecular formula is C13H14FNO3. The van der Waals surface area contributed by atoms with Gasteiger partial charge in [-0.3, -0.25) is 0 Å². The van der Waals surface area contributed by atoms with E-state index < -0.39 is 11.9 Å². The molecular weight excluding hydrogens is 237 g/mol. The average Bonchev–Trinajstić information content (AvgIpc) is 2.38. The summed E-state index contributed by atoms with van der Waals surface area (Å²) in [5.41, 5.74) is 1.74. The molecule has 1 aliphatic heterocycles. The zero-order chi connectivity index (χ0) is 13.1. The molecule has 0 bridgehead atoms. The normalized spacial score (nSPS) is 15.2. The van der Waals surface area contributed by atoms with E-state index in [4.69, 9.17) is 9.84 Å². The van der Waals surface area contributed by atoms with Crippen molar-refractivity contribution >= 4 is 11.7 Å². The maximum Gasteiger partial charge on any atom is 0.407 e. The number of hydrogen-bond acceptors (Lipinski definition) is 2. The summed E-state index contributed by atoms with van der Waals surface area (Å²) in [7, 11) is 1.42. The lowest BCUT2D eigenvalue weighted by Gasteiger charge is -2.23. The van der Waals surface area contributed by atoms with Crippen molar-refractivity contribution in [3.8, 4) is 5.75 Å². The van der Waals surface area contributed by atoms with Crippen molar-refractivity contribution in [2.24, 2.45) is 0 Å². The molecule has 1 amide bonds. The highest BCUT2D eigenvalue weighted by molar-refractivity contribution is 5.71. The van der Waals surface area contributed by atoms with Gasteiger partial charge in [0.2, 0.25) is 0 Å². The van der Waals surface area contributed by atoms with E-state index in [0.717, 1.165) is 11.1 Å². The van der Waals surface area contributed by atoms with Crippen LogP contribution in [0.4, 0.5) is 9.18 Å². The average molecular weight is 251 g/mol. The van der Waals surface area contributed by atoms with Gasteiger partial charge in [0.1, 0.15) is 0 Å². The maximum absolute atomic E-state index is 13.6. The molecule has 1 N–H and O–H groups in total. The Balaban J connectivity index is 2.18. The van der Waals surface area contributed by atoms with Gasteiger partial charge in [-0.25, -0.2) is 9.18 Å². The molecule has 4 nitrogen and oxygen atoms in total. The highest BCUT2D eigenvalue weighted by Crippen LogP contribution is 2.26. The van der Waals surface area contributed by atoms with Crippen LogP contribution in [-0.4, -0.2) is 36.3 Å². The predicted octanol–water partition coefficient (Wildman–Crippen LogP) is 2.60. The lowest BCUT2D eigenvalue weighted by atomic mass is 9.99. The number of amides is 1. The Hall–Kier alpha value is -2.04. The van der Waals surface area contributed by atoms with E-state index in [1.165, 1.54) is 18.1 Å². The van der Waals surface area contributed by atoms with Gasteiger partial charge in [-0.05, 0) is 29.7 Å². The van der Waals surface area contributed by atoms with Crippen molar-refractivity contribution in [3.05, 3.63) is 35.7 Å². The van der Waals surface area contributed by atoms with E-state index in [0.29, 0.717) is 19.5 Å². The van der Waals surface area contributed by atoms with Crippen LogP contribution in [0.3, 0.4) is 0 Å². The Morgan fingerprint density at radius 3 is 2.78 bits per heavy atom. The minimum absolute atomic E-state index is 0.210. The third kappa shape index (κ3) is 2.45. The largest absolute Gasteiger partial charge is 0.494 e. The fourth-order valence-corrected chi connectivity index (χ4v) is 1.97. The molecule has 0 saturated carbocycles. The first-order valence-electron chi connectivity index (χ1n) is 5.62. The van der Waals surface area contributed by atoms with Gasteiger partial charge in [0.25, 0.3) is 0 Å². The van der Waals surface area contributed by atoms with Gasteiger partial charge in [0.05, 0.1) is 7.11 Å². The molecule has 1 aliphatic rings. The van der Waals surface area contributed by atoms with Gasteiger partial charge in [-0.15, -0.1) is 0 Å². The third-order valence-electron chi connectivity index (χ3n) is 3.00. The summed E-state index contributed by atoms with van der Waals surface area (Å²) in [5, 5.41) is 8.83. The molecule has 96 valence electrons. The second-order valence-corrected chi connectivity index (χ2v) is 4.06. The Bertz CT molecular complexity index is 499. The summed E-state index contributed by atoms with van der Waals surface area (Å²) in [4.78, 5) is 12.1. The summed E-state index contributed by atoms with van der Waals surface area (Å²) in [6.45, 7) is 0.785. The molecule has 0 aromatic heterocycles. The topological polar surface area (TPSA) is 49.8 Å². The Morgan fingerprint density at radius 2 is 2.28 bits per heavy atom. The number of benzene rings is 1.